The van der Waals surface area contributed by atoms with Crippen LogP contribution in [0.1, 0.15) is 19.5 Å². The monoisotopic (exact) mass is 256 g/mol. The first-order valence-corrected chi connectivity index (χ1v) is 6.50. The molecule has 1 heterocycles. The molecule has 0 saturated carbocycles. The summed E-state index contributed by atoms with van der Waals surface area (Å²) in [5.74, 6) is 1.37. The maximum absolute atomic E-state index is 6.06. The largest absolute Gasteiger partial charge is 0.496 e. The topological polar surface area (TPSA) is 48.1 Å². The number of methoxy groups -OCH3 is 1. The van der Waals surface area contributed by atoms with Crippen molar-refractivity contribution >= 4 is 5.69 Å². The highest BCUT2D eigenvalue weighted by Crippen LogP contribution is 2.32. The molecule has 0 spiro atoms. The van der Waals surface area contributed by atoms with Crippen LogP contribution in [0.5, 0.6) is 5.75 Å². The number of para-hydroxylation sites is 1. The number of nitrogen functional groups attached to an aromatic ring is 1. The van der Waals surface area contributed by atoms with E-state index in [1.807, 2.05) is 36.4 Å². The molecule has 3 nitrogen and oxygen atoms in total. The molecule has 0 bridgehead atoms. The van der Waals surface area contributed by atoms with E-state index in [1.54, 1.807) is 7.11 Å². The van der Waals surface area contributed by atoms with E-state index >= 15 is 0 Å². The molecule has 1 aromatic carbocycles. The first-order valence-electron chi connectivity index (χ1n) is 6.50. The van der Waals surface area contributed by atoms with E-state index in [2.05, 4.69) is 18.8 Å². The van der Waals surface area contributed by atoms with E-state index in [4.69, 9.17) is 10.5 Å². The SMILES string of the molecule is COc1ccccc1-c1nc(CC(C)C)ccc1N. The summed E-state index contributed by atoms with van der Waals surface area (Å²) in [5.41, 5.74) is 9.54. The van der Waals surface area contributed by atoms with E-state index in [0.29, 0.717) is 11.6 Å². The molecule has 0 fully saturated rings. The zero-order valence-corrected chi connectivity index (χ0v) is 11.7. The van der Waals surface area contributed by atoms with Crippen molar-refractivity contribution < 1.29 is 4.74 Å². The number of benzene rings is 1. The minimum Gasteiger partial charge on any atom is -0.496 e. The quantitative estimate of drug-likeness (QED) is 0.910. The van der Waals surface area contributed by atoms with Crippen molar-refractivity contribution in [1.29, 1.82) is 0 Å². The van der Waals surface area contributed by atoms with E-state index in [-0.39, 0.29) is 0 Å². The van der Waals surface area contributed by atoms with Crippen LogP contribution in [-0.2, 0) is 6.42 Å². The predicted molar refractivity (Wildman–Crippen MR) is 79.2 cm³/mol. The number of hydrogen-bond acceptors (Lipinski definition) is 3. The molecule has 1 aromatic heterocycles. The lowest BCUT2D eigenvalue weighted by Gasteiger charge is -2.12. The van der Waals surface area contributed by atoms with Gasteiger partial charge in [-0.25, -0.2) is 0 Å². The second-order valence-corrected chi connectivity index (χ2v) is 5.04. The van der Waals surface area contributed by atoms with E-state index < -0.39 is 0 Å². The summed E-state index contributed by atoms with van der Waals surface area (Å²) in [6.07, 6.45) is 0.947. The number of rotatable bonds is 4. The van der Waals surface area contributed by atoms with Crippen LogP contribution in [0.2, 0.25) is 0 Å². The van der Waals surface area contributed by atoms with Crippen molar-refractivity contribution in [2.45, 2.75) is 20.3 Å². The van der Waals surface area contributed by atoms with Crippen LogP contribution in [0.3, 0.4) is 0 Å². The van der Waals surface area contributed by atoms with Crippen LogP contribution in [0.4, 0.5) is 5.69 Å². The lowest BCUT2D eigenvalue weighted by Crippen LogP contribution is -2.02. The predicted octanol–water partition coefficient (Wildman–Crippen LogP) is 3.54. The van der Waals surface area contributed by atoms with Crippen molar-refractivity contribution in [1.82, 2.24) is 4.98 Å². The molecule has 0 aliphatic heterocycles. The number of ether oxygens (including phenoxy) is 1. The average Bonchev–Trinajstić information content (AvgIpc) is 2.40. The minimum atomic E-state index is 0.571. The molecule has 0 aliphatic carbocycles. The second kappa shape index (κ2) is 5.74. The van der Waals surface area contributed by atoms with Crippen molar-refractivity contribution in [3.8, 4) is 17.0 Å². The Bertz CT molecular complexity index is 564. The zero-order chi connectivity index (χ0) is 13.8. The molecule has 3 heteroatoms. The fraction of sp³-hybridized carbons (Fsp3) is 0.312. The van der Waals surface area contributed by atoms with Crippen molar-refractivity contribution in [3.05, 3.63) is 42.1 Å². The molecule has 0 atom stereocenters. The summed E-state index contributed by atoms with van der Waals surface area (Å²) >= 11 is 0. The highest BCUT2D eigenvalue weighted by Gasteiger charge is 2.11. The number of anilines is 1. The third-order valence-electron chi connectivity index (χ3n) is 2.96. The summed E-state index contributed by atoms with van der Waals surface area (Å²) in [7, 11) is 1.66. The lowest BCUT2D eigenvalue weighted by molar-refractivity contribution is 0.416. The summed E-state index contributed by atoms with van der Waals surface area (Å²) in [6, 6.07) is 11.7. The standard InChI is InChI=1S/C16H20N2O/c1-11(2)10-12-8-9-14(17)16(18-12)13-6-4-5-7-15(13)19-3/h4-9,11H,10,17H2,1-3H3. The first kappa shape index (κ1) is 13.4. The molecule has 0 amide bonds. The highest BCUT2D eigenvalue weighted by molar-refractivity contribution is 5.77. The third kappa shape index (κ3) is 3.05. The molecule has 100 valence electrons. The van der Waals surface area contributed by atoms with Crippen molar-refractivity contribution in [3.63, 3.8) is 0 Å². The van der Waals surface area contributed by atoms with Crippen LogP contribution in [-0.4, -0.2) is 12.1 Å². The molecule has 2 rings (SSSR count). The zero-order valence-electron chi connectivity index (χ0n) is 11.7. The Hall–Kier alpha value is -2.03. The van der Waals surface area contributed by atoms with Crippen molar-refractivity contribution in [2.75, 3.05) is 12.8 Å². The molecule has 0 saturated heterocycles. The maximum Gasteiger partial charge on any atom is 0.128 e. The van der Waals surface area contributed by atoms with Gasteiger partial charge in [0.2, 0.25) is 0 Å². The second-order valence-electron chi connectivity index (χ2n) is 5.04. The van der Waals surface area contributed by atoms with Gasteiger partial charge in [-0.2, -0.15) is 0 Å². The van der Waals surface area contributed by atoms with Gasteiger partial charge in [-0.3, -0.25) is 4.98 Å². The van der Waals surface area contributed by atoms with E-state index in [9.17, 15) is 0 Å². The molecular weight excluding hydrogens is 236 g/mol. The van der Waals surface area contributed by atoms with Gasteiger partial charge in [-0.15, -0.1) is 0 Å². The Morgan fingerprint density at radius 2 is 1.89 bits per heavy atom. The van der Waals surface area contributed by atoms with Gasteiger partial charge >= 0.3 is 0 Å². The van der Waals surface area contributed by atoms with Gasteiger partial charge < -0.3 is 10.5 Å². The Kier molecular flexibility index (Phi) is 4.05. The van der Waals surface area contributed by atoms with E-state index in [0.717, 1.165) is 29.1 Å². The average molecular weight is 256 g/mol. The van der Waals surface area contributed by atoms with E-state index in [1.165, 1.54) is 0 Å². The smallest absolute Gasteiger partial charge is 0.128 e. The molecule has 0 unspecified atom stereocenters. The van der Waals surface area contributed by atoms with Gasteiger partial charge in [0.25, 0.3) is 0 Å². The van der Waals surface area contributed by atoms with Gasteiger partial charge in [0.15, 0.2) is 0 Å². The molecule has 19 heavy (non-hydrogen) atoms. The van der Waals surface area contributed by atoms with Gasteiger partial charge in [0.05, 0.1) is 18.5 Å². The number of hydrogen-bond donors (Lipinski definition) is 1. The summed E-state index contributed by atoms with van der Waals surface area (Å²) in [6.45, 7) is 4.36. The molecule has 0 aliphatic rings. The lowest BCUT2D eigenvalue weighted by atomic mass is 10.0. The fourth-order valence-electron chi connectivity index (χ4n) is 2.10. The van der Waals surface area contributed by atoms with Crippen LogP contribution >= 0.6 is 0 Å². The van der Waals surface area contributed by atoms with Crippen LogP contribution in [0, 0.1) is 5.92 Å². The summed E-state index contributed by atoms with van der Waals surface area (Å²) in [4.78, 5) is 4.69. The summed E-state index contributed by atoms with van der Waals surface area (Å²) in [5, 5.41) is 0. The van der Waals surface area contributed by atoms with Gasteiger partial charge in [0, 0.05) is 11.3 Å². The summed E-state index contributed by atoms with van der Waals surface area (Å²) < 4.78 is 5.38. The number of aromatic nitrogens is 1. The molecule has 2 aromatic rings. The Morgan fingerprint density at radius 1 is 1.16 bits per heavy atom. The minimum absolute atomic E-state index is 0.571. The molecule has 0 radical (unpaired) electrons. The third-order valence-corrected chi connectivity index (χ3v) is 2.96. The van der Waals surface area contributed by atoms with Crippen LogP contribution < -0.4 is 10.5 Å². The molecular formula is C16H20N2O. The Balaban J connectivity index is 2.48. The maximum atomic E-state index is 6.06. The van der Waals surface area contributed by atoms with Gasteiger partial charge in [0.1, 0.15) is 5.75 Å². The van der Waals surface area contributed by atoms with Crippen molar-refractivity contribution in [2.24, 2.45) is 5.92 Å². The molecule has 2 N–H and O–H groups in total. The fourth-order valence-corrected chi connectivity index (χ4v) is 2.10. The van der Waals surface area contributed by atoms with Crippen LogP contribution in [0.25, 0.3) is 11.3 Å². The van der Waals surface area contributed by atoms with Crippen LogP contribution in [0.15, 0.2) is 36.4 Å². The number of nitrogens with two attached hydrogens (primary N) is 1. The number of nitrogens with zero attached hydrogens (tertiary/aromatic N) is 1. The Morgan fingerprint density at radius 3 is 2.58 bits per heavy atom. The number of pyridine rings is 1. The van der Waals surface area contributed by atoms with Gasteiger partial charge in [-0.05, 0) is 36.6 Å². The normalized spacial score (nSPS) is 10.7. The highest BCUT2D eigenvalue weighted by atomic mass is 16.5. The first-order chi connectivity index (χ1) is 9.11. The Labute approximate surface area is 114 Å². The van der Waals surface area contributed by atoms with Gasteiger partial charge in [-0.1, -0.05) is 26.0 Å².